The Balaban J connectivity index is 1.33. The number of thiazole rings is 1. The van der Waals surface area contributed by atoms with Crippen LogP contribution in [0.1, 0.15) is 60.4 Å². The van der Waals surface area contributed by atoms with Crippen LogP contribution in [0.2, 0.25) is 0 Å². The third kappa shape index (κ3) is 3.58. The number of phenolic OH excluding ortho intramolecular Hbond substituents is 1. The summed E-state index contributed by atoms with van der Waals surface area (Å²) in [5, 5.41) is 13.4. The Morgan fingerprint density at radius 3 is 2.88 bits per heavy atom. The van der Waals surface area contributed by atoms with E-state index in [1.165, 1.54) is 11.3 Å². The number of ketones is 1. The van der Waals surface area contributed by atoms with Gasteiger partial charge in [0.2, 0.25) is 5.91 Å². The second-order valence-electron chi connectivity index (χ2n) is 9.56. The smallest absolute Gasteiger partial charge is 0.226 e. The standard InChI is InChI=1S/C24H28FN3O3S/c1-11-10-27-24(32-11)28-20(30)7-2-12-8-19(29)16-6-3-13-14(21(12)16)4-5-15-17(13)9-18(26)23(31)22(15)25/h9-10,12-14,16,21,31H,2-8,26H2,1H3,(H,27,28,30)/t12-,13?,14?,16-,21?/m1/s1. The molecule has 0 spiro atoms. The number of carbonyl (C=O) groups is 2. The van der Waals surface area contributed by atoms with Gasteiger partial charge in [-0.05, 0) is 79.9 Å². The largest absolute Gasteiger partial charge is 0.503 e. The van der Waals surface area contributed by atoms with E-state index < -0.39 is 11.6 Å². The fourth-order valence-corrected chi connectivity index (χ4v) is 7.21. The van der Waals surface area contributed by atoms with E-state index in [1.54, 1.807) is 12.3 Å². The lowest BCUT2D eigenvalue weighted by atomic mass is 9.58. The highest BCUT2D eigenvalue weighted by atomic mass is 32.1. The van der Waals surface area contributed by atoms with Crippen molar-refractivity contribution in [1.82, 2.24) is 4.98 Å². The van der Waals surface area contributed by atoms with Crippen molar-refractivity contribution < 1.29 is 19.1 Å². The Morgan fingerprint density at radius 2 is 2.12 bits per heavy atom. The molecule has 0 radical (unpaired) electrons. The molecule has 5 atom stereocenters. The first-order chi connectivity index (χ1) is 15.3. The molecule has 4 N–H and O–H groups in total. The number of nitrogens with zero attached hydrogens (tertiary/aromatic N) is 1. The summed E-state index contributed by atoms with van der Waals surface area (Å²) in [6.45, 7) is 1.94. The van der Waals surface area contributed by atoms with Crippen molar-refractivity contribution in [2.75, 3.05) is 11.1 Å². The van der Waals surface area contributed by atoms with Gasteiger partial charge in [-0.15, -0.1) is 11.3 Å². The van der Waals surface area contributed by atoms with E-state index in [2.05, 4.69) is 10.3 Å². The molecule has 2 saturated carbocycles. The average molecular weight is 458 g/mol. The van der Waals surface area contributed by atoms with Crippen LogP contribution in [0.25, 0.3) is 0 Å². The van der Waals surface area contributed by atoms with Crippen LogP contribution in [-0.4, -0.2) is 21.8 Å². The molecule has 170 valence electrons. The zero-order valence-corrected chi connectivity index (χ0v) is 18.9. The number of aromatic nitrogens is 1. The maximum Gasteiger partial charge on any atom is 0.226 e. The van der Waals surface area contributed by atoms with Gasteiger partial charge in [-0.3, -0.25) is 9.59 Å². The van der Waals surface area contributed by atoms with Crippen LogP contribution in [-0.2, 0) is 16.0 Å². The minimum Gasteiger partial charge on any atom is -0.503 e. The molecule has 0 saturated heterocycles. The molecule has 1 heterocycles. The number of nitrogens with two attached hydrogens (primary N) is 1. The third-order valence-electron chi connectivity index (χ3n) is 7.83. The highest BCUT2D eigenvalue weighted by Crippen LogP contribution is 2.57. The molecule has 0 bridgehead atoms. The number of Topliss-reactive ketones (excluding diaryl/α,β-unsaturated/α-hetero) is 1. The number of halogens is 1. The van der Waals surface area contributed by atoms with Crippen LogP contribution < -0.4 is 11.1 Å². The molecule has 0 aliphatic heterocycles. The normalized spacial score (nSPS) is 28.7. The van der Waals surface area contributed by atoms with Crippen molar-refractivity contribution in [2.24, 2.45) is 23.7 Å². The molecule has 2 fully saturated rings. The van der Waals surface area contributed by atoms with Crippen LogP contribution in [0.5, 0.6) is 5.75 Å². The predicted octanol–water partition coefficient (Wildman–Crippen LogP) is 4.56. The predicted molar refractivity (Wildman–Crippen MR) is 121 cm³/mol. The van der Waals surface area contributed by atoms with Gasteiger partial charge in [-0.25, -0.2) is 9.37 Å². The highest BCUT2D eigenvalue weighted by molar-refractivity contribution is 7.15. The van der Waals surface area contributed by atoms with Gasteiger partial charge >= 0.3 is 0 Å². The van der Waals surface area contributed by atoms with Gasteiger partial charge in [0, 0.05) is 29.8 Å². The molecular formula is C24H28FN3O3S. The minimum atomic E-state index is -0.589. The van der Waals surface area contributed by atoms with E-state index in [0.29, 0.717) is 42.2 Å². The summed E-state index contributed by atoms with van der Waals surface area (Å²) in [5.74, 6) is 0.0845. The second kappa shape index (κ2) is 8.14. The number of phenols is 1. The summed E-state index contributed by atoms with van der Waals surface area (Å²) < 4.78 is 14.7. The number of hydrogen-bond acceptors (Lipinski definition) is 6. The van der Waals surface area contributed by atoms with Crippen molar-refractivity contribution in [3.8, 4) is 5.75 Å². The summed E-state index contributed by atoms with van der Waals surface area (Å²) >= 11 is 1.45. The highest BCUT2D eigenvalue weighted by Gasteiger charge is 2.52. The number of nitrogens with one attached hydrogen (secondary N) is 1. The maximum absolute atomic E-state index is 14.7. The van der Waals surface area contributed by atoms with Crippen molar-refractivity contribution in [2.45, 2.75) is 57.8 Å². The lowest BCUT2D eigenvalue weighted by Crippen LogP contribution is -2.38. The summed E-state index contributed by atoms with van der Waals surface area (Å²) in [4.78, 5) is 30.5. The summed E-state index contributed by atoms with van der Waals surface area (Å²) in [6, 6.07) is 1.74. The Hall–Kier alpha value is -2.48. The van der Waals surface area contributed by atoms with Crippen molar-refractivity contribution in [3.63, 3.8) is 0 Å². The molecule has 3 unspecified atom stereocenters. The fraction of sp³-hybridized carbons (Fsp3) is 0.542. The fourth-order valence-electron chi connectivity index (χ4n) is 6.53. The molecule has 1 amide bonds. The minimum absolute atomic E-state index is 0.0479. The second-order valence-corrected chi connectivity index (χ2v) is 10.8. The van der Waals surface area contributed by atoms with Crippen LogP contribution in [0, 0.1) is 36.4 Å². The Kier molecular flexibility index (Phi) is 5.43. The van der Waals surface area contributed by atoms with Crippen LogP contribution in [0.4, 0.5) is 15.2 Å². The Morgan fingerprint density at radius 1 is 1.34 bits per heavy atom. The third-order valence-corrected chi connectivity index (χ3v) is 8.66. The molecule has 1 aromatic heterocycles. The Bertz CT molecular complexity index is 1080. The van der Waals surface area contributed by atoms with E-state index in [9.17, 15) is 19.1 Å². The zero-order valence-electron chi connectivity index (χ0n) is 18.1. The first-order valence-electron chi connectivity index (χ1n) is 11.4. The first kappa shape index (κ1) is 21.4. The number of anilines is 2. The number of aromatic hydroxyl groups is 1. The number of amides is 1. The SMILES string of the molecule is Cc1cnc(NC(=O)CC[C@@H]2CC(=O)[C@H]3CCC4c5cc(N)c(O)c(F)c5CCC4C23)s1. The molecule has 2 aromatic rings. The monoisotopic (exact) mass is 457 g/mol. The summed E-state index contributed by atoms with van der Waals surface area (Å²) in [7, 11) is 0. The van der Waals surface area contributed by atoms with Gasteiger partial charge in [0.15, 0.2) is 16.7 Å². The van der Waals surface area contributed by atoms with E-state index in [-0.39, 0.29) is 41.2 Å². The molecule has 3 aliphatic carbocycles. The van der Waals surface area contributed by atoms with Crippen LogP contribution in [0.3, 0.4) is 0 Å². The quantitative estimate of drug-likeness (QED) is 0.461. The number of benzene rings is 1. The van der Waals surface area contributed by atoms with E-state index in [4.69, 9.17) is 5.73 Å². The number of fused-ring (bicyclic) bond motifs is 5. The van der Waals surface area contributed by atoms with Crippen molar-refractivity contribution in [1.29, 1.82) is 0 Å². The van der Waals surface area contributed by atoms with Gasteiger partial charge in [0.05, 0.1) is 5.69 Å². The topological polar surface area (TPSA) is 105 Å². The number of rotatable bonds is 4. The number of carbonyl (C=O) groups excluding carboxylic acids is 2. The molecule has 6 nitrogen and oxygen atoms in total. The van der Waals surface area contributed by atoms with E-state index in [0.717, 1.165) is 29.7 Å². The lowest BCUT2D eigenvalue weighted by Gasteiger charge is -2.45. The van der Waals surface area contributed by atoms with Crippen LogP contribution >= 0.6 is 11.3 Å². The molecule has 8 heteroatoms. The lowest BCUT2D eigenvalue weighted by molar-refractivity contribution is -0.122. The first-order valence-corrected chi connectivity index (χ1v) is 12.2. The molecule has 3 aliphatic rings. The Labute approximate surface area is 190 Å². The van der Waals surface area contributed by atoms with Crippen LogP contribution in [0.15, 0.2) is 12.3 Å². The van der Waals surface area contributed by atoms with E-state index >= 15 is 0 Å². The molecular weight excluding hydrogens is 429 g/mol. The van der Waals surface area contributed by atoms with Gasteiger partial charge in [0.1, 0.15) is 5.78 Å². The van der Waals surface area contributed by atoms with Crippen molar-refractivity contribution >= 4 is 33.8 Å². The summed E-state index contributed by atoms with van der Waals surface area (Å²) in [6.07, 6.45) is 6.28. The molecule has 32 heavy (non-hydrogen) atoms. The maximum atomic E-state index is 14.7. The molecule has 5 rings (SSSR count). The summed E-state index contributed by atoms with van der Waals surface area (Å²) in [5.41, 5.74) is 7.44. The van der Waals surface area contributed by atoms with Gasteiger partial charge in [-0.2, -0.15) is 0 Å². The number of aryl methyl sites for hydroxylation is 1. The van der Waals surface area contributed by atoms with Gasteiger partial charge < -0.3 is 16.2 Å². The number of nitrogen functional groups attached to an aromatic ring is 1. The van der Waals surface area contributed by atoms with Gasteiger partial charge in [0.25, 0.3) is 0 Å². The van der Waals surface area contributed by atoms with Crippen molar-refractivity contribution in [3.05, 3.63) is 34.1 Å². The number of hydrogen-bond donors (Lipinski definition) is 3. The van der Waals surface area contributed by atoms with E-state index in [1.807, 2.05) is 6.92 Å². The average Bonchev–Trinajstić information content (AvgIpc) is 3.32. The van der Waals surface area contributed by atoms with Gasteiger partial charge in [-0.1, -0.05) is 0 Å². The molecule has 1 aromatic carbocycles. The zero-order chi connectivity index (χ0) is 22.6.